The van der Waals surface area contributed by atoms with Gasteiger partial charge in [0.25, 0.3) is 0 Å². The molecule has 0 aliphatic heterocycles. The first-order chi connectivity index (χ1) is 8.22. The summed E-state index contributed by atoms with van der Waals surface area (Å²) in [5, 5.41) is 1.13. The van der Waals surface area contributed by atoms with Gasteiger partial charge in [0.05, 0.1) is 17.7 Å². The van der Waals surface area contributed by atoms with E-state index >= 15 is 0 Å². The molecule has 90 valence electrons. The van der Waals surface area contributed by atoms with Crippen LogP contribution in [0.15, 0.2) is 36.5 Å². The van der Waals surface area contributed by atoms with E-state index in [0.717, 1.165) is 16.5 Å². The summed E-state index contributed by atoms with van der Waals surface area (Å²) >= 11 is 0. The molecule has 0 spiro atoms. The van der Waals surface area contributed by atoms with Gasteiger partial charge in [-0.3, -0.25) is 4.98 Å². The molecule has 17 heavy (non-hydrogen) atoms. The Kier molecular flexibility index (Phi) is 3.71. The number of fused-ring (bicyclic) bond motifs is 1. The summed E-state index contributed by atoms with van der Waals surface area (Å²) in [6, 6.07) is 10.0. The van der Waals surface area contributed by atoms with Gasteiger partial charge in [-0.15, -0.1) is 0 Å². The Balaban J connectivity index is 2.29. The van der Waals surface area contributed by atoms with Gasteiger partial charge in [-0.1, -0.05) is 18.2 Å². The zero-order valence-electron chi connectivity index (χ0n) is 10.3. The number of rotatable bonds is 4. The van der Waals surface area contributed by atoms with Crippen molar-refractivity contribution in [2.75, 3.05) is 6.61 Å². The molecule has 2 atom stereocenters. The summed E-state index contributed by atoms with van der Waals surface area (Å²) in [7, 11) is 0. The monoisotopic (exact) mass is 230 g/mol. The van der Waals surface area contributed by atoms with Crippen molar-refractivity contribution in [2.45, 2.75) is 26.0 Å². The molecule has 0 bridgehead atoms. The van der Waals surface area contributed by atoms with Crippen LogP contribution in [0.4, 0.5) is 0 Å². The highest BCUT2D eigenvalue weighted by molar-refractivity contribution is 5.78. The maximum Gasteiger partial charge on any atom is 0.0739 e. The van der Waals surface area contributed by atoms with Gasteiger partial charge < -0.3 is 10.5 Å². The lowest BCUT2D eigenvalue weighted by atomic mass is 10.0. The summed E-state index contributed by atoms with van der Waals surface area (Å²) in [5.74, 6) is 0. The van der Waals surface area contributed by atoms with Crippen molar-refractivity contribution in [3.8, 4) is 0 Å². The van der Waals surface area contributed by atoms with Crippen LogP contribution in [0.25, 0.3) is 10.9 Å². The van der Waals surface area contributed by atoms with Crippen LogP contribution in [0.2, 0.25) is 0 Å². The number of benzene rings is 1. The number of ether oxygens (including phenoxy) is 1. The molecule has 0 aliphatic rings. The van der Waals surface area contributed by atoms with Gasteiger partial charge in [0.1, 0.15) is 0 Å². The third-order valence-corrected chi connectivity index (χ3v) is 2.95. The van der Waals surface area contributed by atoms with Crippen molar-refractivity contribution < 1.29 is 4.74 Å². The average Bonchev–Trinajstić information content (AvgIpc) is 2.37. The molecule has 3 nitrogen and oxygen atoms in total. The number of aromatic nitrogens is 1. The summed E-state index contributed by atoms with van der Waals surface area (Å²) < 4.78 is 5.52. The molecule has 2 unspecified atom stereocenters. The molecule has 0 radical (unpaired) electrons. The van der Waals surface area contributed by atoms with Gasteiger partial charge in [-0.2, -0.15) is 0 Å². The summed E-state index contributed by atoms with van der Waals surface area (Å²) in [6.45, 7) is 4.66. The average molecular weight is 230 g/mol. The first-order valence-corrected chi connectivity index (χ1v) is 5.94. The second-order valence-corrected chi connectivity index (χ2v) is 4.14. The van der Waals surface area contributed by atoms with E-state index in [1.807, 2.05) is 38.1 Å². The Morgan fingerprint density at radius 2 is 2.18 bits per heavy atom. The van der Waals surface area contributed by atoms with Crippen molar-refractivity contribution >= 4 is 10.9 Å². The van der Waals surface area contributed by atoms with Gasteiger partial charge >= 0.3 is 0 Å². The molecule has 1 aromatic heterocycles. The molecule has 3 heteroatoms. The van der Waals surface area contributed by atoms with Crippen molar-refractivity contribution in [1.82, 2.24) is 4.98 Å². The highest BCUT2D eigenvalue weighted by atomic mass is 16.5. The number of pyridine rings is 1. The van der Waals surface area contributed by atoms with Crippen molar-refractivity contribution in [3.63, 3.8) is 0 Å². The largest absolute Gasteiger partial charge is 0.377 e. The smallest absolute Gasteiger partial charge is 0.0739 e. The van der Waals surface area contributed by atoms with Crippen LogP contribution in [-0.4, -0.2) is 17.7 Å². The Morgan fingerprint density at radius 3 is 2.94 bits per heavy atom. The lowest BCUT2D eigenvalue weighted by molar-refractivity contribution is 0.0575. The minimum absolute atomic E-state index is 0.0150. The maximum atomic E-state index is 6.16. The molecule has 0 fully saturated rings. The van der Waals surface area contributed by atoms with Crippen LogP contribution in [0, 0.1) is 0 Å². The summed E-state index contributed by atoms with van der Waals surface area (Å²) in [6.07, 6.45) is 1.81. The zero-order valence-corrected chi connectivity index (χ0v) is 10.3. The zero-order chi connectivity index (χ0) is 12.3. The Morgan fingerprint density at radius 1 is 1.35 bits per heavy atom. The third-order valence-electron chi connectivity index (χ3n) is 2.95. The molecular formula is C14H18N2O. The van der Waals surface area contributed by atoms with Crippen LogP contribution in [0.1, 0.15) is 25.5 Å². The Labute approximate surface area is 102 Å². The molecule has 0 aliphatic carbocycles. The molecule has 0 saturated heterocycles. The highest BCUT2D eigenvalue weighted by Gasteiger charge is 2.15. The van der Waals surface area contributed by atoms with Gasteiger partial charge in [-0.25, -0.2) is 0 Å². The van der Waals surface area contributed by atoms with E-state index in [1.54, 1.807) is 6.20 Å². The molecule has 0 saturated carbocycles. The predicted molar refractivity (Wildman–Crippen MR) is 69.8 cm³/mol. The summed E-state index contributed by atoms with van der Waals surface area (Å²) in [5.41, 5.74) is 8.21. The SMILES string of the molecule is CCOC(C)C(N)c1ccc2cccnc2c1. The van der Waals surface area contributed by atoms with Gasteiger partial charge in [0.15, 0.2) is 0 Å². The number of hydrogen-bond donors (Lipinski definition) is 1. The standard InChI is InChI=1S/C14H18N2O/c1-3-17-10(2)14(15)12-7-6-11-5-4-8-16-13(11)9-12/h4-10,14H,3,15H2,1-2H3. The second kappa shape index (κ2) is 5.25. The summed E-state index contributed by atoms with van der Waals surface area (Å²) in [4.78, 5) is 4.33. The second-order valence-electron chi connectivity index (χ2n) is 4.14. The fourth-order valence-corrected chi connectivity index (χ4v) is 1.93. The van der Waals surface area contributed by atoms with Gasteiger partial charge in [0.2, 0.25) is 0 Å². The Hall–Kier alpha value is -1.45. The van der Waals surface area contributed by atoms with E-state index in [2.05, 4.69) is 11.1 Å². The number of nitrogens with zero attached hydrogens (tertiary/aromatic N) is 1. The number of hydrogen-bond acceptors (Lipinski definition) is 3. The van der Waals surface area contributed by atoms with E-state index in [4.69, 9.17) is 10.5 Å². The van der Waals surface area contributed by atoms with Gasteiger partial charge in [-0.05, 0) is 31.5 Å². The fraction of sp³-hybridized carbons (Fsp3) is 0.357. The van der Waals surface area contributed by atoms with Crippen LogP contribution >= 0.6 is 0 Å². The highest BCUT2D eigenvalue weighted by Crippen LogP contribution is 2.20. The predicted octanol–water partition coefficient (Wildman–Crippen LogP) is 2.66. The third kappa shape index (κ3) is 2.62. The van der Waals surface area contributed by atoms with E-state index in [1.165, 1.54) is 0 Å². The van der Waals surface area contributed by atoms with Crippen LogP contribution in [-0.2, 0) is 4.74 Å². The Bertz CT molecular complexity index is 498. The van der Waals surface area contributed by atoms with Crippen molar-refractivity contribution in [3.05, 3.63) is 42.1 Å². The lowest BCUT2D eigenvalue weighted by Crippen LogP contribution is -2.26. The molecule has 1 aromatic carbocycles. The van der Waals surface area contributed by atoms with Crippen molar-refractivity contribution in [1.29, 1.82) is 0 Å². The van der Waals surface area contributed by atoms with E-state index < -0.39 is 0 Å². The van der Waals surface area contributed by atoms with Gasteiger partial charge in [0, 0.05) is 18.2 Å². The normalized spacial score (nSPS) is 14.8. The van der Waals surface area contributed by atoms with E-state index in [9.17, 15) is 0 Å². The lowest BCUT2D eigenvalue weighted by Gasteiger charge is -2.20. The van der Waals surface area contributed by atoms with E-state index in [0.29, 0.717) is 6.61 Å². The minimum atomic E-state index is -0.110. The molecular weight excluding hydrogens is 212 g/mol. The molecule has 1 heterocycles. The van der Waals surface area contributed by atoms with Crippen LogP contribution in [0.3, 0.4) is 0 Å². The quantitative estimate of drug-likeness (QED) is 0.878. The van der Waals surface area contributed by atoms with Crippen LogP contribution in [0.5, 0.6) is 0 Å². The first kappa shape index (κ1) is 12.0. The minimum Gasteiger partial charge on any atom is -0.377 e. The molecule has 2 aromatic rings. The topological polar surface area (TPSA) is 48.1 Å². The fourth-order valence-electron chi connectivity index (χ4n) is 1.93. The van der Waals surface area contributed by atoms with Crippen molar-refractivity contribution in [2.24, 2.45) is 5.73 Å². The molecule has 0 amide bonds. The van der Waals surface area contributed by atoms with Crippen LogP contribution < -0.4 is 5.73 Å². The number of nitrogens with two attached hydrogens (primary N) is 1. The molecule has 2 N–H and O–H groups in total. The first-order valence-electron chi connectivity index (χ1n) is 5.94. The maximum absolute atomic E-state index is 6.16. The molecule has 2 rings (SSSR count). The van der Waals surface area contributed by atoms with E-state index in [-0.39, 0.29) is 12.1 Å².